The van der Waals surface area contributed by atoms with Crippen molar-refractivity contribution in [3.05, 3.63) is 41.4 Å². The van der Waals surface area contributed by atoms with Crippen LogP contribution in [-0.2, 0) is 0 Å². The molecule has 1 unspecified atom stereocenters. The summed E-state index contributed by atoms with van der Waals surface area (Å²) in [5.74, 6) is 2.32. The molecule has 4 aliphatic rings. The number of nitrogens with zero attached hydrogens (tertiary/aromatic N) is 3. The zero-order chi connectivity index (χ0) is 17.9. The van der Waals surface area contributed by atoms with E-state index in [0.29, 0.717) is 5.41 Å². The minimum Gasteiger partial charge on any atom is -0.310 e. The highest BCUT2D eigenvalue weighted by atomic mass is 16.3. The van der Waals surface area contributed by atoms with Crippen molar-refractivity contribution in [1.82, 2.24) is 9.55 Å². The van der Waals surface area contributed by atoms with Gasteiger partial charge in [0.15, 0.2) is 0 Å². The second kappa shape index (κ2) is 5.64. The summed E-state index contributed by atoms with van der Waals surface area (Å²) in [5.41, 5.74) is 3.59. The Morgan fingerprint density at radius 2 is 2.00 bits per heavy atom. The van der Waals surface area contributed by atoms with Crippen molar-refractivity contribution >= 4 is 5.70 Å². The van der Waals surface area contributed by atoms with Gasteiger partial charge in [-0.1, -0.05) is 36.7 Å². The van der Waals surface area contributed by atoms with Gasteiger partial charge in [-0.05, 0) is 68.1 Å². The second-order valence-corrected chi connectivity index (χ2v) is 9.49. The van der Waals surface area contributed by atoms with Gasteiger partial charge in [0.2, 0.25) is 0 Å². The van der Waals surface area contributed by atoms with E-state index < -0.39 is 0 Å². The van der Waals surface area contributed by atoms with Gasteiger partial charge in [0.1, 0.15) is 6.04 Å². The van der Waals surface area contributed by atoms with Crippen LogP contribution in [0.15, 0.2) is 41.6 Å². The smallest absolute Gasteiger partial charge is 0.110 e. The fourth-order valence-corrected chi connectivity index (χ4v) is 7.14. The van der Waals surface area contributed by atoms with E-state index >= 15 is 0 Å². The van der Waals surface area contributed by atoms with E-state index in [9.17, 15) is 4.91 Å². The number of fused-ring (bicyclic) bond motifs is 5. The molecule has 6 atom stereocenters. The van der Waals surface area contributed by atoms with Crippen molar-refractivity contribution < 1.29 is 0 Å². The molecule has 138 valence electrons. The lowest BCUT2D eigenvalue weighted by molar-refractivity contribution is -0.0240. The molecule has 1 aromatic heterocycles. The topological polar surface area (TPSA) is 47.2 Å². The lowest BCUT2D eigenvalue weighted by Crippen LogP contribution is -2.50. The van der Waals surface area contributed by atoms with Crippen LogP contribution in [0.3, 0.4) is 0 Å². The van der Waals surface area contributed by atoms with Crippen LogP contribution in [-0.4, -0.2) is 15.6 Å². The first kappa shape index (κ1) is 16.5. The van der Waals surface area contributed by atoms with Crippen LogP contribution in [0.5, 0.6) is 0 Å². The number of aromatic nitrogens is 2. The van der Waals surface area contributed by atoms with Crippen LogP contribution < -0.4 is 0 Å². The Hall–Kier alpha value is -1.71. The van der Waals surface area contributed by atoms with Crippen molar-refractivity contribution in [2.24, 2.45) is 33.8 Å². The third kappa shape index (κ3) is 2.10. The SMILES string of the molecule is C[C@]12CCC(N=O)C=C1CC[C@@H]1[C@@H]2CC[C@]2(C)C(n3ccnc3)=CC[C@@H]12. The first-order valence-electron chi connectivity index (χ1n) is 10.3. The highest BCUT2D eigenvalue weighted by Crippen LogP contribution is 2.66. The molecule has 0 aromatic carbocycles. The fraction of sp³-hybridized carbons (Fsp3) is 0.682. The lowest BCUT2D eigenvalue weighted by atomic mass is 9.47. The molecule has 4 heteroatoms. The molecular weight excluding hydrogens is 322 g/mol. The van der Waals surface area contributed by atoms with Crippen LogP contribution in [0.4, 0.5) is 0 Å². The summed E-state index contributed by atoms with van der Waals surface area (Å²) < 4.78 is 2.25. The molecule has 0 aliphatic heterocycles. The maximum Gasteiger partial charge on any atom is 0.110 e. The van der Waals surface area contributed by atoms with Crippen molar-refractivity contribution in [2.45, 2.75) is 64.8 Å². The highest BCUT2D eigenvalue weighted by Gasteiger charge is 2.57. The Balaban J connectivity index is 1.46. The lowest BCUT2D eigenvalue weighted by Gasteiger charge is -2.58. The van der Waals surface area contributed by atoms with Crippen molar-refractivity contribution in [2.75, 3.05) is 0 Å². The second-order valence-electron chi connectivity index (χ2n) is 9.49. The summed E-state index contributed by atoms with van der Waals surface area (Å²) >= 11 is 0. The number of imidazole rings is 1. The zero-order valence-corrected chi connectivity index (χ0v) is 15.9. The van der Waals surface area contributed by atoms with Gasteiger partial charge in [-0.25, -0.2) is 4.98 Å². The number of hydrogen-bond acceptors (Lipinski definition) is 3. The molecule has 4 aliphatic carbocycles. The predicted molar refractivity (Wildman–Crippen MR) is 103 cm³/mol. The van der Waals surface area contributed by atoms with Gasteiger partial charge >= 0.3 is 0 Å². The van der Waals surface area contributed by atoms with E-state index in [1.165, 1.54) is 31.4 Å². The van der Waals surface area contributed by atoms with Crippen LogP contribution >= 0.6 is 0 Å². The van der Waals surface area contributed by atoms with Gasteiger partial charge in [0, 0.05) is 23.5 Å². The zero-order valence-electron chi connectivity index (χ0n) is 15.9. The first-order valence-corrected chi connectivity index (χ1v) is 10.3. The van der Waals surface area contributed by atoms with E-state index in [2.05, 4.69) is 46.9 Å². The van der Waals surface area contributed by atoms with Crippen molar-refractivity contribution in [3.63, 3.8) is 0 Å². The molecule has 1 heterocycles. The standard InChI is InChI=1S/C22H29N3O/c1-21-9-7-16(24-26)13-15(21)3-4-17-18-5-6-20(25-12-11-23-14-25)22(18,2)10-8-19(17)21/h6,11-14,16-19H,3-5,7-10H2,1-2H3/t16?,17-,18-,19-,21-,22-/m0/s1. The molecule has 0 N–H and O–H groups in total. The monoisotopic (exact) mass is 351 g/mol. The van der Waals surface area contributed by atoms with Gasteiger partial charge in [-0.3, -0.25) is 0 Å². The molecule has 0 spiro atoms. The Morgan fingerprint density at radius 3 is 2.77 bits per heavy atom. The van der Waals surface area contributed by atoms with E-state index in [1.54, 1.807) is 5.57 Å². The number of hydrogen-bond donors (Lipinski definition) is 0. The Bertz CT molecular complexity index is 779. The van der Waals surface area contributed by atoms with E-state index in [4.69, 9.17) is 0 Å². The molecule has 0 bridgehead atoms. The molecule has 2 saturated carbocycles. The van der Waals surface area contributed by atoms with Crippen molar-refractivity contribution in [3.8, 4) is 0 Å². The summed E-state index contributed by atoms with van der Waals surface area (Å²) in [6.07, 6.45) is 19.0. The summed E-state index contributed by atoms with van der Waals surface area (Å²) in [4.78, 5) is 15.3. The van der Waals surface area contributed by atoms with E-state index in [-0.39, 0.29) is 11.5 Å². The molecule has 0 radical (unpaired) electrons. The van der Waals surface area contributed by atoms with E-state index in [1.807, 2.05) is 12.5 Å². The molecule has 1 aromatic rings. The number of rotatable bonds is 2. The third-order valence-electron chi connectivity index (χ3n) is 8.55. The molecule has 4 nitrogen and oxygen atoms in total. The quantitative estimate of drug-likeness (QED) is 0.527. The summed E-state index contributed by atoms with van der Waals surface area (Å²) in [6, 6.07) is -0.0792. The third-order valence-corrected chi connectivity index (χ3v) is 8.55. The van der Waals surface area contributed by atoms with E-state index in [0.717, 1.165) is 37.0 Å². The summed E-state index contributed by atoms with van der Waals surface area (Å²) in [7, 11) is 0. The average molecular weight is 351 g/mol. The van der Waals surface area contributed by atoms with Gasteiger partial charge < -0.3 is 4.57 Å². The Kier molecular flexibility index (Phi) is 3.57. The molecule has 5 rings (SSSR count). The normalized spacial score (nSPS) is 44.4. The maximum atomic E-state index is 11.1. The average Bonchev–Trinajstić information content (AvgIpc) is 3.27. The molecular formula is C22H29N3O. The van der Waals surface area contributed by atoms with Gasteiger partial charge in [0.05, 0.1) is 6.33 Å². The minimum atomic E-state index is -0.0792. The fourth-order valence-electron chi connectivity index (χ4n) is 7.14. The number of allylic oxidation sites excluding steroid dienone is 3. The van der Waals surface area contributed by atoms with Crippen molar-refractivity contribution in [1.29, 1.82) is 0 Å². The molecule has 26 heavy (non-hydrogen) atoms. The molecule has 0 saturated heterocycles. The Labute approximate surface area is 155 Å². The Morgan fingerprint density at radius 1 is 1.15 bits per heavy atom. The summed E-state index contributed by atoms with van der Waals surface area (Å²) in [5, 5.41) is 3.33. The highest BCUT2D eigenvalue weighted by molar-refractivity contribution is 5.56. The van der Waals surface area contributed by atoms with Crippen LogP contribution in [0.2, 0.25) is 0 Å². The largest absolute Gasteiger partial charge is 0.310 e. The van der Waals surface area contributed by atoms with Gasteiger partial charge in [0.25, 0.3) is 0 Å². The predicted octanol–water partition coefficient (Wildman–Crippen LogP) is 5.43. The van der Waals surface area contributed by atoms with Crippen LogP contribution in [0, 0.1) is 33.5 Å². The van der Waals surface area contributed by atoms with Gasteiger partial charge in [-0.2, -0.15) is 4.91 Å². The molecule has 2 fully saturated rings. The molecule has 0 amide bonds. The number of nitroso groups, excluding NO2 is 1. The minimum absolute atomic E-state index is 0.0792. The maximum absolute atomic E-state index is 11.1. The van der Waals surface area contributed by atoms with Gasteiger partial charge in [-0.15, -0.1) is 0 Å². The summed E-state index contributed by atoms with van der Waals surface area (Å²) in [6.45, 7) is 4.98. The van der Waals surface area contributed by atoms with Crippen LogP contribution in [0.25, 0.3) is 5.70 Å². The first-order chi connectivity index (χ1) is 12.6. The van der Waals surface area contributed by atoms with Crippen LogP contribution in [0.1, 0.15) is 58.8 Å².